The first-order valence-corrected chi connectivity index (χ1v) is 6.56. The summed E-state index contributed by atoms with van der Waals surface area (Å²) in [5.41, 5.74) is 0. The molecule has 4 heteroatoms. The molecule has 2 atom stereocenters. The normalized spacial score (nSPS) is 22.8. The fourth-order valence-electron chi connectivity index (χ4n) is 2.42. The highest BCUT2D eigenvalue weighted by Gasteiger charge is 2.28. The molecule has 1 amide bonds. The Bertz CT molecular complexity index is 294. The van der Waals surface area contributed by atoms with Gasteiger partial charge in [-0.1, -0.05) is 0 Å². The molecule has 1 aliphatic rings. The second kappa shape index (κ2) is 6.61. The molecule has 0 aromatic heterocycles. The summed E-state index contributed by atoms with van der Waals surface area (Å²) < 4.78 is 0. The van der Waals surface area contributed by atoms with E-state index < -0.39 is 0 Å². The van der Waals surface area contributed by atoms with Gasteiger partial charge >= 0.3 is 0 Å². The van der Waals surface area contributed by atoms with Gasteiger partial charge in [-0.05, 0) is 40.2 Å². The van der Waals surface area contributed by atoms with Gasteiger partial charge in [-0.2, -0.15) is 5.26 Å². The highest BCUT2D eigenvalue weighted by Crippen LogP contribution is 2.18. The maximum atomic E-state index is 12.2. The zero-order valence-electron chi connectivity index (χ0n) is 11.1. The molecule has 1 saturated heterocycles. The first-order valence-electron chi connectivity index (χ1n) is 6.56. The molecule has 1 heterocycles. The minimum atomic E-state index is -0.0916. The van der Waals surface area contributed by atoms with E-state index in [-0.39, 0.29) is 17.9 Å². The van der Waals surface area contributed by atoms with Crippen LogP contribution in [0.2, 0.25) is 0 Å². The molecule has 17 heavy (non-hydrogen) atoms. The number of carbonyl (C=O) groups excluding carboxylic acids is 1. The topological polar surface area (TPSA) is 47.3 Å². The Morgan fingerprint density at radius 1 is 1.53 bits per heavy atom. The van der Waals surface area contributed by atoms with Crippen LogP contribution >= 0.6 is 0 Å². The van der Waals surface area contributed by atoms with Crippen LogP contribution in [0.25, 0.3) is 0 Å². The molecular weight excluding hydrogens is 214 g/mol. The molecule has 0 spiro atoms. The van der Waals surface area contributed by atoms with Crippen molar-refractivity contribution in [2.75, 3.05) is 26.2 Å². The molecule has 4 nitrogen and oxygen atoms in total. The zero-order chi connectivity index (χ0) is 12.8. The number of likely N-dealkylation sites (tertiary alicyclic amines) is 1. The minimum absolute atomic E-state index is 0.0916. The maximum Gasteiger partial charge on any atom is 0.239 e. The maximum absolute atomic E-state index is 12.2. The molecule has 0 aliphatic carbocycles. The number of nitriles is 1. The van der Waals surface area contributed by atoms with Crippen LogP contribution in [0.1, 0.15) is 33.6 Å². The number of carbonyl (C=O) groups is 1. The number of nitrogens with zero attached hydrogens (tertiary/aromatic N) is 3. The molecule has 0 bridgehead atoms. The predicted octanol–water partition coefficient (Wildman–Crippen LogP) is 1.48. The van der Waals surface area contributed by atoms with Crippen LogP contribution in [0.3, 0.4) is 0 Å². The summed E-state index contributed by atoms with van der Waals surface area (Å²) in [4.78, 5) is 16.2. The van der Waals surface area contributed by atoms with Crippen LogP contribution < -0.4 is 0 Å². The van der Waals surface area contributed by atoms with E-state index in [4.69, 9.17) is 5.26 Å². The van der Waals surface area contributed by atoms with Crippen molar-refractivity contribution in [1.82, 2.24) is 9.80 Å². The number of hydrogen-bond acceptors (Lipinski definition) is 3. The largest absolute Gasteiger partial charge is 0.342 e. The van der Waals surface area contributed by atoms with Crippen molar-refractivity contribution >= 4 is 5.91 Å². The zero-order valence-corrected chi connectivity index (χ0v) is 11.1. The second-order valence-electron chi connectivity index (χ2n) is 4.65. The standard InChI is InChI=1S/C13H23N3O/c1-4-15(5-2)13(17)11(3)16-8-6-7-12(9-14)10-16/h11-12H,4-8,10H2,1-3H3. The van der Waals surface area contributed by atoms with Gasteiger partial charge < -0.3 is 4.90 Å². The van der Waals surface area contributed by atoms with Crippen molar-refractivity contribution < 1.29 is 4.79 Å². The highest BCUT2D eigenvalue weighted by molar-refractivity contribution is 5.81. The third-order valence-corrected chi connectivity index (χ3v) is 3.62. The Morgan fingerprint density at radius 2 is 2.18 bits per heavy atom. The Balaban J connectivity index is 2.59. The highest BCUT2D eigenvalue weighted by atomic mass is 16.2. The quantitative estimate of drug-likeness (QED) is 0.744. The third-order valence-electron chi connectivity index (χ3n) is 3.62. The second-order valence-corrected chi connectivity index (χ2v) is 4.65. The predicted molar refractivity (Wildman–Crippen MR) is 67.3 cm³/mol. The molecule has 1 rings (SSSR count). The van der Waals surface area contributed by atoms with Crippen molar-refractivity contribution in [3.63, 3.8) is 0 Å². The number of piperidine rings is 1. The first-order chi connectivity index (χ1) is 8.13. The number of hydrogen-bond donors (Lipinski definition) is 0. The van der Waals surface area contributed by atoms with Gasteiger partial charge in [0.2, 0.25) is 5.91 Å². The lowest BCUT2D eigenvalue weighted by Crippen LogP contribution is -2.50. The summed E-state index contributed by atoms with van der Waals surface area (Å²) in [5, 5.41) is 8.96. The lowest BCUT2D eigenvalue weighted by atomic mass is 9.98. The van der Waals surface area contributed by atoms with Crippen LogP contribution in [0.5, 0.6) is 0 Å². The van der Waals surface area contributed by atoms with Crippen LogP contribution in [0.15, 0.2) is 0 Å². The van der Waals surface area contributed by atoms with Gasteiger partial charge in [-0.3, -0.25) is 9.69 Å². The monoisotopic (exact) mass is 237 g/mol. The lowest BCUT2D eigenvalue weighted by molar-refractivity contribution is -0.136. The van der Waals surface area contributed by atoms with E-state index in [1.807, 2.05) is 25.7 Å². The molecule has 96 valence electrons. The smallest absolute Gasteiger partial charge is 0.239 e. The number of rotatable bonds is 4. The first kappa shape index (κ1) is 14.0. The Morgan fingerprint density at radius 3 is 2.71 bits per heavy atom. The van der Waals surface area contributed by atoms with E-state index in [2.05, 4.69) is 11.0 Å². The summed E-state index contributed by atoms with van der Waals surface area (Å²) in [6.07, 6.45) is 1.99. The molecule has 0 aromatic rings. The van der Waals surface area contributed by atoms with Crippen molar-refractivity contribution in [1.29, 1.82) is 5.26 Å². The van der Waals surface area contributed by atoms with Gasteiger partial charge in [-0.15, -0.1) is 0 Å². The van der Waals surface area contributed by atoms with Gasteiger partial charge in [0.15, 0.2) is 0 Å². The lowest BCUT2D eigenvalue weighted by Gasteiger charge is -2.35. The summed E-state index contributed by atoms with van der Waals surface area (Å²) in [5.74, 6) is 0.282. The molecule has 0 aromatic carbocycles. The van der Waals surface area contributed by atoms with E-state index in [0.29, 0.717) is 0 Å². The van der Waals surface area contributed by atoms with Gasteiger partial charge in [0.1, 0.15) is 0 Å². The van der Waals surface area contributed by atoms with Crippen molar-refractivity contribution in [2.45, 2.75) is 39.7 Å². The Kier molecular flexibility index (Phi) is 5.43. The Labute approximate surface area is 104 Å². The third kappa shape index (κ3) is 3.44. The van der Waals surface area contributed by atoms with E-state index in [1.54, 1.807) is 0 Å². The molecule has 2 unspecified atom stereocenters. The summed E-state index contributed by atoms with van der Waals surface area (Å²) >= 11 is 0. The SMILES string of the molecule is CCN(CC)C(=O)C(C)N1CCCC(C#N)C1. The number of amides is 1. The molecule has 1 aliphatic heterocycles. The average molecular weight is 237 g/mol. The Hall–Kier alpha value is -1.08. The van der Waals surface area contributed by atoms with E-state index >= 15 is 0 Å². The van der Waals surface area contributed by atoms with Gasteiger partial charge in [-0.25, -0.2) is 0 Å². The van der Waals surface area contributed by atoms with Crippen molar-refractivity contribution in [2.24, 2.45) is 5.92 Å². The van der Waals surface area contributed by atoms with Crippen molar-refractivity contribution in [3.05, 3.63) is 0 Å². The molecule has 0 radical (unpaired) electrons. The summed E-state index contributed by atoms with van der Waals surface area (Å²) in [7, 11) is 0. The fourth-order valence-corrected chi connectivity index (χ4v) is 2.42. The minimum Gasteiger partial charge on any atom is -0.342 e. The number of likely N-dealkylation sites (N-methyl/N-ethyl adjacent to an activating group) is 1. The van der Waals surface area contributed by atoms with E-state index in [0.717, 1.165) is 39.0 Å². The van der Waals surface area contributed by atoms with Crippen LogP contribution in [-0.2, 0) is 4.79 Å². The molecular formula is C13H23N3O. The van der Waals surface area contributed by atoms with Crippen LogP contribution in [-0.4, -0.2) is 47.9 Å². The molecule has 0 N–H and O–H groups in total. The summed E-state index contributed by atoms with van der Waals surface area (Å²) in [6.45, 7) is 9.16. The van der Waals surface area contributed by atoms with Crippen LogP contribution in [0.4, 0.5) is 0 Å². The fraction of sp³-hybridized carbons (Fsp3) is 0.846. The molecule has 1 fully saturated rings. The van der Waals surface area contributed by atoms with Crippen molar-refractivity contribution in [3.8, 4) is 6.07 Å². The van der Waals surface area contributed by atoms with Gasteiger partial charge in [0, 0.05) is 19.6 Å². The summed E-state index contributed by atoms with van der Waals surface area (Å²) in [6, 6.07) is 2.23. The van der Waals surface area contributed by atoms with E-state index in [1.165, 1.54) is 0 Å². The van der Waals surface area contributed by atoms with Gasteiger partial charge in [0.25, 0.3) is 0 Å². The van der Waals surface area contributed by atoms with Crippen LogP contribution in [0, 0.1) is 17.2 Å². The van der Waals surface area contributed by atoms with E-state index in [9.17, 15) is 4.79 Å². The molecule has 0 saturated carbocycles. The average Bonchev–Trinajstić information content (AvgIpc) is 2.39. The van der Waals surface area contributed by atoms with Gasteiger partial charge in [0.05, 0.1) is 18.0 Å².